The number of nitrogens with zero attached hydrogens (tertiary/aromatic N) is 3. The van der Waals surface area contributed by atoms with Gasteiger partial charge in [-0.2, -0.15) is 0 Å². The van der Waals surface area contributed by atoms with E-state index in [9.17, 15) is 29.4 Å². The first kappa shape index (κ1) is 21.7. The molecule has 2 fully saturated rings. The maximum atomic E-state index is 15.1. The van der Waals surface area contributed by atoms with Crippen LogP contribution in [0, 0.1) is 5.82 Å². The van der Waals surface area contributed by atoms with Gasteiger partial charge in [0.1, 0.15) is 17.1 Å². The predicted molar refractivity (Wildman–Crippen MR) is 120 cm³/mol. The molecule has 1 saturated heterocycles. The molecule has 11 heteroatoms. The molecule has 2 aliphatic rings. The number of carboxylic acid groups (broad SMARTS) is 1. The van der Waals surface area contributed by atoms with Crippen molar-refractivity contribution in [3.05, 3.63) is 68.1 Å². The Morgan fingerprint density at radius 1 is 1.06 bits per heavy atom. The fraction of sp³-hybridized carbons (Fsp3) is 0.304. The summed E-state index contributed by atoms with van der Waals surface area (Å²) in [4.78, 5) is 54.4. The Bertz CT molecular complexity index is 1450. The Balaban J connectivity index is 1.43. The second kappa shape index (κ2) is 8.01. The molecule has 1 aliphatic heterocycles. The highest BCUT2D eigenvalue weighted by atomic mass is 19.1. The summed E-state index contributed by atoms with van der Waals surface area (Å²) in [5.74, 6) is -2.87. The van der Waals surface area contributed by atoms with Crippen molar-refractivity contribution in [3.8, 4) is 5.75 Å². The van der Waals surface area contributed by atoms with E-state index in [1.165, 1.54) is 11.1 Å². The quantitative estimate of drug-likeness (QED) is 0.528. The zero-order valence-corrected chi connectivity index (χ0v) is 18.0. The molecule has 0 unspecified atom stereocenters. The van der Waals surface area contributed by atoms with Crippen LogP contribution in [0.4, 0.5) is 10.1 Å². The summed E-state index contributed by atoms with van der Waals surface area (Å²) in [5.41, 5.74) is -0.958. The molecular weight excluding hydrogens is 447 g/mol. The summed E-state index contributed by atoms with van der Waals surface area (Å²) < 4.78 is 16.8. The first-order valence-corrected chi connectivity index (χ1v) is 10.8. The number of aromatic nitrogens is 2. The molecule has 176 valence electrons. The van der Waals surface area contributed by atoms with Crippen LogP contribution in [0.3, 0.4) is 0 Å². The molecule has 0 radical (unpaired) electrons. The number of fused-ring (bicyclic) bond motifs is 1. The average molecular weight is 468 g/mol. The van der Waals surface area contributed by atoms with E-state index < -0.39 is 34.3 Å². The van der Waals surface area contributed by atoms with E-state index in [0.717, 1.165) is 31.2 Å². The normalized spacial score (nSPS) is 16.1. The van der Waals surface area contributed by atoms with Crippen LogP contribution in [0.1, 0.15) is 39.7 Å². The van der Waals surface area contributed by atoms with E-state index in [1.54, 1.807) is 15.5 Å². The van der Waals surface area contributed by atoms with Crippen LogP contribution in [0.15, 0.2) is 40.2 Å². The largest absolute Gasteiger partial charge is 0.503 e. The van der Waals surface area contributed by atoms with Crippen molar-refractivity contribution in [1.29, 1.82) is 0 Å². The number of aromatic amines is 1. The van der Waals surface area contributed by atoms with E-state index in [1.807, 2.05) is 0 Å². The van der Waals surface area contributed by atoms with Crippen molar-refractivity contribution in [2.45, 2.75) is 18.9 Å². The number of rotatable bonds is 4. The number of benzene rings is 1. The van der Waals surface area contributed by atoms with Crippen LogP contribution in [0.5, 0.6) is 5.75 Å². The van der Waals surface area contributed by atoms with Gasteiger partial charge >= 0.3 is 5.97 Å². The topological polar surface area (TPSA) is 136 Å². The van der Waals surface area contributed by atoms with Gasteiger partial charge in [-0.25, -0.2) is 9.18 Å². The second-order valence-corrected chi connectivity index (χ2v) is 8.51. The highest BCUT2D eigenvalue weighted by molar-refractivity contribution is 5.94. The zero-order chi connectivity index (χ0) is 24.1. The summed E-state index contributed by atoms with van der Waals surface area (Å²) in [5, 5.41) is 18.8. The Morgan fingerprint density at radius 2 is 1.76 bits per heavy atom. The number of carbonyl (C=O) groups is 2. The molecule has 1 amide bonds. The van der Waals surface area contributed by atoms with Crippen LogP contribution in [-0.4, -0.2) is 62.7 Å². The van der Waals surface area contributed by atoms with Gasteiger partial charge in [0.25, 0.3) is 5.91 Å². The Labute approximate surface area is 191 Å². The van der Waals surface area contributed by atoms with Gasteiger partial charge in [0, 0.05) is 56.1 Å². The van der Waals surface area contributed by atoms with Crippen molar-refractivity contribution >= 4 is 28.5 Å². The van der Waals surface area contributed by atoms with Crippen molar-refractivity contribution < 1.29 is 24.2 Å². The van der Waals surface area contributed by atoms with Crippen LogP contribution >= 0.6 is 0 Å². The minimum absolute atomic E-state index is 0.0261. The molecule has 0 bridgehead atoms. The number of aromatic carboxylic acids is 1. The molecule has 5 rings (SSSR count). The van der Waals surface area contributed by atoms with E-state index in [0.29, 0.717) is 18.6 Å². The van der Waals surface area contributed by atoms with Gasteiger partial charge in [-0.1, -0.05) is 0 Å². The fourth-order valence-corrected chi connectivity index (χ4v) is 4.32. The fourth-order valence-electron chi connectivity index (χ4n) is 4.32. The SMILES string of the molecule is O=C(O)c1cn(C2CC2)c2cc(N3CCN(C(=O)c4cc(=O)c(O)c[nH]4)CC3)c(F)cc2c1=O. The molecular formula is C23H21FN4O6. The first-order chi connectivity index (χ1) is 16.2. The van der Waals surface area contributed by atoms with Gasteiger partial charge in [0.15, 0.2) is 5.75 Å². The van der Waals surface area contributed by atoms with Gasteiger partial charge in [-0.05, 0) is 25.0 Å². The third-order valence-electron chi connectivity index (χ3n) is 6.30. The highest BCUT2D eigenvalue weighted by Gasteiger charge is 2.29. The van der Waals surface area contributed by atoms with Crippen molar-refractivity contribution in [1.82, 2.24) is 14.5 Å². The number of pyridine rings is 2. The third kappa shape index (κ3) is 3.68. The molecule has 3 N–H and O–H groups in total. The maximum absolute atomic E-state index is 15.1. The van der Waals surface area contributed by atoms with E-state index in [-0.39, 0.29) is 41.5 Å². The molecule has 2 aromatic heterocycles. The lowest BCUT2D eigenvalue weighted by atomic mass is 10.1. The summed E-state index contributed by atoms with van der Waals surface area (Å²) >= 11 is 0. The zero-order valence-electron chi connectivity index (χ0n) is 18.0. The van der Waals surface area contributed by atoms with Crippen LogP contribution < -0.4 is 15.8 Å². The van der Waals surface area contributed by atoms with Crippen LogP contribution in [-0.2, 0) is 0 Å². The summed E-state index contributed by atoms with van der Waals surface area (Å²) in [7, 11) is 0. The van der Waals surface area contributed by atoms with E-state index >= 15 is 4.39 Å². The van der Waals surface area contributed by atoms with Crippen molar-refractivity contribution in [2.24, 2.45) is 0 Å². The molecule has 1 saturated carbocycles. The Kier molecular flexibility index (Phi) is 5.11. The van der Waals surface area contributed by atoms with Gasteiger partial charge in [0.05, 0.1) is 11.2 Å². The summed E-state index contributed by atoms with van der Waals surface area (Å²) in [6.07, 6.45) is 4.10. The van der Waals surface area contributed by atoms with E-state index in [4.69, 9.17) is 0 Å². The molecule has 34 heavy (non-hydrogen) atoms. The number of nitrogens with one attached hydrogen (secondary N) is 1. The molecule has 3 heterocycles. The molecule has 3 aromatic rings. The lowest BCUT2D eigenvalue weighted by molar-refractivity contribution is 0.0693. The number of anilines is 1. The third-order valence-corrected chi connectivity index (χ3v) is 6.30. The number of piperazine rings is 1. The minimum Gasteiger partial charge on any atom is -0.503 e. The number of H-pyrrole nitrogens is 1. The molecule has 0 spiro atoms. The van der Waals surface area contributed by atoms with Gasteiger partial charge in [-0.3, -0.25) is 14.4 Å². The van der Waals surface area contributed by atoms with Crippen LogP contribution in [0.25, 0.3) is 10.9 Å². The standard InChI is InChI=1S/C23H21FN4O6/c24-15-7-13-17(28(12-1-2-12)11-14(21(13)31)23(33)34)9-18(15)26-3-5-27(6-4-26)22(32)16-8-19(29)20(30)10-25-16/h7-12,30H,1-6H2,(H,25,29)(H,33,34). The molecule has 1 aromatic carbocycles. The number of carboxylic acids is 1. The number of amides is 1. The predicted octanol–water partition coefficient (Wildman–Crippen LogP) is 1.53. The minimum atomic E-state index is -1.35. The lowest BCUT2D eigenvalue weighted by Gasteiger charge is -2.36. The Hall–Kier alpha value is -4.15. The monoisotopic (exact) mass is 468 g/mol. The second-order valence-electron chi connectivity index (χ2n) is 8.51. The molecule has 10 nitrogen and oxygen atoms in total. The van der Waals surface area contributed by atoms with Crippen LogP contribution in [0.2, 0.25) is 0 Å². The highest BCUT2D eigenvalue weighted by Crippen LogP contribution is 2.38. The Morgan fingerprint density at radius 3 is 2.38 bits per heavy atom. The van der Waals surface area contributed by atoms with Gasteiger partial charge in [0.2, 0.25) is 10.9 Å². The smallest absolute Gasteiger partial charge is 0.341 e. The van der Waals surface area contributed by atoms with Gasteiger partial charge in [-0.15, -0.1) is 0 Å². The number of halogens is 1. The van der Waals surface area contributed by atoms with E-state index in [2.05, 4.69) is 4.98 Å². The summed E-state index contributed by atoms with van der Waals surface area (Å²) in [6, 6.07) is 3.78. The molecule has 1 aliphatic carbocycles. The number of hydrogen-bond donors (Lipinski definition) is 3. The van der Waals surface area contributed by atoms with Crippen molar-refractivity contribution in [3.63, 3.8) is 0 Å². The van der Waals surface area contributed by atoms with Crippen molar-refractivity contribution in [2.75, 3.05) is 31.1 Å². The lowest BCUT2D eigenvalue weighted by Crippen LogP contribution is -2.49. The number of hydrogen-bond acceptors (Lipinski definition) is 6. The maximum Gasteiger partial charge on any atom is 0.341 e. The summed E-state index contributed by atoms with van der Waals surface area (Å²) in [6.45, 7) is 1.17. The molecule has 0 atom stereocenters. The number of carbonyl (C=O) groups excluding carboxylic acids is 1. The average Bonchev–Trinajstić information content (AvgIpc) is 3.66. The van der Waals surface area contributed by atoms with Gasteiger partial charge < -0.3 is 29.6 Å². The first-order valence-electron chi connectivity index (χ1n) is 10.8. The number of aromatic hydroxyl groups is 1.